The number of hydrogen-bond donors (Lipinski definition) is 0. The Morgan fingerprint density at radius 1 is 0.730 bits per heavy atom. The maximum Gasteiger partial charge on any atom is 0.131 e. The molecule has 0 fully saturated rings. The lowest BCUT2D eigenvalue weighted by molar-refractivity contribution is 0.00834. The van der Waals surface area contributed by atoms with Gasteiger partial charge in [0.2, 0.25) is 0 Å². The minimum Gasteiger partial charge on any atom is -0.488 e. The molecule has 0 amide bonds. The van der Waals surface area contributed by atoms with E-state index in [-0.39, 0.29) is 0 Å². The van der Waals surface area contributed by atoms with E-state index in [1.807, 2.05) is 27.7 Å². The Balaban J connectivity index is 0.00000308. The van der Waals surface area contributed by atoms with Crippen LogP contribution >= 0.6 is 0 Å². The molecule has 0 aromatic heterocycles. The van der Waals surface area contributed by atoms with Crippen LogP contribution in [-0.4, -0.2) is 14.2 Å². The summed E-state index contributed by atoms with van der Waals surface area (Å²) in [7, 11) is 3.49. The smallest absolute Gasteiger partial charge is 0.131 e. The summed E-state index contributed by atoms with van der Waals surface area (Å²) in [5.41, 5.74) is 4.86. The fourth-order valence-electron chi connectivity index (χ4n) is 4.36. The highest BCUT2D eigenvalue weighted by molar-refractivity contribution is 5.50. The quantitative estimate of drug-likeness (QED) is 0.298. The maximum absolute atomic E-state index is 6.54. The number of methoxy groups -OCH3 is 2. The van der Waals surface area contributed by atoms with Crippen LogP contribution in [0.5, 0.6) is 5.75 Å². The van der Waals surface area contributed by atoms with E-state index in [4.69, 9.17) is 14.2 Å². The van der Waals surface area contributed by atoms with E-state index in [0.717, 1.165) is 28.0 Å². The van der Waals surface area contributed by atoms with Crippen LogP contribution in [0.4, 0.5) is 0 Å². The molecule has 1 atom stereocenters. The van der Waals surface area contributed by atoms with Gasteiger partial charge in [-0.2, -0.15) is 0 Å². The standard InChI is InChI=1S/C30H46O3.2C2H6/c1-20(2)16-25(21(3)4)24-14-12-23(13-15-24)19-33-28-26(29(6,7)31-10)17-22(5)18-27(28)30(8,9)32-11;2*1-2/h12-15,17-18,20-21,25H,16,19H2,1-11H3;2*1-2H3. The molecule has 0 saturated heterocycles. The first-order valence-corrected chi connectivity index (χ1v) is 14.3. The van der Waals surface area contributed by atoms with Gasteiger partial charge in [-0.1, -0.05) is 85.2 Å². The lowest BCUT2D eigenvalue weighted by atomic mass is 9.82. The third kappa shape index (κ3) is 10.1. The minimum atomic E-state index is -0.481. The van der Waals surface area contributed by atoms with Gasteiger partial charge >= 0.3 is 0 Å². The van der Waals surface area contributed by atoms with Crippen molar-refractivity contribution in [3.8, 4) is 5.75 Å². The topological polar surface area (TPSA) is 27.7 Å². The molecule has 0 saturated carbocycles. The molecule has 0 aliphatic heterocycles. The largest absolute Gasteiger partial charge is 0.488 e. The summed E-state index contributed by atoms with van der Waals surface area (Å²) in [6.45, 7) is 28.2. The van der Waals surface area contributed by atoms with Crippen LogP contribution in [-0.2, 0) is 27.3 Å². The Hall–Kier alpha value is -1.84. The van der Waals surface area contributed by atoms with Gasteiger partial charge < -0.3 is 14.2 Å². The molecule has 0 heterocycles. The Bertz CT molecular complexity index is 855. The van der Waals surface area contributed by atoms with Crippen molar-refractivity contribution in [1.29, 1.82) is 0 Å². The average molecular weight is 515 g/mol. The van der Waals surface area contributed by atoms with Crippen LogP contribution in [0.2, 0.25) is 0 Å². The van der Waals surface area contributed by atoms with Gasteiger partial charge in [0.15, 0.2) is 0 Å². The van der Waals surface area contributed by atoms with E-state index in [1.165, 1.54) is 12.0 Å². The second kappa shape index (κ2) is 16.2. The summed E-state index contributed by atoms with van der Waals surface area (Å²) >= 11 is 0. The van der Waals surface area contributed by atoms with E-state index in [2.05, 4.69) is 98.7 Å². The molecule has 3 heteroatoms. The zero-order valence-electron chi connectivity index (χ0n) is 26.8. The Morgan fingerprint density at radius 3 is 1.51 bits per heavy atom. The van der Waals surface area contributed by atoms with E-state index in [1.54, 1.807) is 14.2 Å². The van der Waals surface area contributed by atoms with Crippen LogP contribution in [0.25, 0.3) is 0 Å². The van der Waals surface area contributed by atoms with Crippen LogP contribution in [0, 0.1) is 18.8 Å². The molecule has 0 N–H and O–H groups in total. The monoisotopic (exact) mass is 514 g/mol. The number of aryl methyl sites for hydroxylation is 1. The molecule has 0 aliphatic rings. The molecule has 2 rings (SSSR count). The zero-order valence-corrected chi connectivity index (χ0v) is 26.8. The molecular formula is C34H58O3. The fourth-order valence-corrected chi connectivity index (χ4v) is 4.36. The Morgan fingerprint density at radius 2 is 1.16 bits per heavy atom. The van der Waals surface area contributed by atoms with Crippen LogP contribution in [0.1, 0.15) is 123 Å². The molecule has 2 aromatic carbocycles. The zero-order chi connectivity index (χ0) is 29.0. The van der Waals surface area contributed by atoms with E-state index in [9.17, 15) is 0 Å². The van der Waals surface area contributed by atoms with Gasteiger partial charge in [-0.3, -0.25) is 0 Å². The Kier molecular flexibility index (Phi) is 15.4. The molecule has 1 unspecified atom stereocenters. The fraction of sp³-hybridized carbons (Fsp3) is 0.647. The summed E-state index contributed by atoms with van der Waals surface area (Å²) in [5, 5.41) is 0. The van der Waals surface area contributed by atoms with Gasteiger partial charge in [-0.25, -0.2) is 0 Å². The van der Waals surface area contributed by atoms with Crippen molar-refractivity contribution < 1.29 is 14.2 Å². The maximum atomic E-state index is 6.54. The third-order valence-electron chi connectivity index (χ3n) is 6.87. The molecule has 0 radical (unpaired) electrons. The number of ether oxygens (including phenoxy) is 3. The first-order chi connectivity index (χ1) is 17.3. The first kappa shape index (κ1) is 35.2. The second-order valence-electron chi connectivity index (χ2n) is 11.1. The summed E-state index contributed by atoms with van der Waals surface area (Å²) in [4.78, 5) is 0. The van der Waals surface area contributed by atoms with Crippen LogP contribution in [0.15, 0.2) is 36.4 Å². The lowest BCUT2D eigenvalue weighted by Gasteiger charge is -2.32. The predicted octanol–water partition coefficient (Wildman–Crippen LogP) is 10.2. The number of benzene rings is 2. The highest BCUT2D eigenvalue weighted by Crippen LogP contribution is 2.42. The Labute approximate surface area is 230 Å². The molecule has 0 spiro atoms. The summed E-state index contributed by atoms with van der Waals surface area (Å²) in [5.74, 6) is 2.75. The molecular weight excluding hydrogens is 456 g/mol. The highest BCUT2D eigenvalue weighted by Gasteiger charge is 2.32. The van der Waals surface area contributed by atoms with Crippen molar-refractivity contribution in [2.24, 2.45) is 11.8 Å². The number of hydrogen-bond acceptors (Lipinski definition) is 3. The number of rotatable bonds is 11. The first-order valence-electron chi connectivity index (χ1n) is 14.3. The predicted molar refractivity (Wildman–Crippen MR) is 162 cm³/mol. The van der Waals surface area contributed by atoms with Gasteiger partial charge in [-0.15, -0.1) is 0 Å². The van der Waals surface area contributed by atoms with Gasteiger partial charge in [0.05, 0.1) is 11.2 Å². The third-order valence-corrected chi connectivity index (χ3v) is 6.87. The molecule has 2 aromatic rings. The molecule has 0 bridgehead atoms. The van der Waals surface area contributed by atoms with Crippen LogP contribution in [0.3, 0.4) is 0 Å². The van der Waals surface area contributed by atoms with E-state index < -0.39 is 11.2 Å². The van der Waals surface area contributed by atoms with Crippen molar-refractivity contribution in [2.75, 3.05) is 14.2 Å². The second-order valence-corrected chi connectivity index (χ2v) is 11.1. The van der Waals surface area contributed by atoms with Crippen molar-refractivity contribution in [1.82, 2.24) is 0 Å². The molecule has 3 nitrogen and oxygen atoms in total. The average Bonchev–Trinajstić information content (AvgIpc) is 2.88. The highest BCUT2D eigenvalue weighted by atomic mass is 16.5. The lowest BCUT2D eigenvalue weighted by Crippen LogP contribution is -2.26. The van der Waals surface area contributed by atoms with Gasteiger partial charge in [0.25, 0.3) is 0 Å². The summed E-state index contributed by atoms with van der Waals surface area (Å²) in [6.07, 6.45) is 1.21. The van der Waals surface area contributed by atoms with Crippen molar-refractivity contribution in [3.63, 3.8) is 0 Å². The van der Waals surface area contributed by atoms with E-state index in [0.29, 0.717) is 24.4 Å². The normalized spacial score (nSPS) is 12.5. The molecule has 0 aliphatic carbocycles. The molecule has 37 heavy (non-hydrogen) atoms. The van der Waals surface area contributed by atoms with Crippen molar-refractivity contribution >= 4 is 0 Å². The summed E-state index contributed by atoms with van der Waals surface area (Å²) < 4.78 is 18.2. The van der Waals surface area contributed by atoms with Crippen molar-refractivity contribution in [2.45, 2.75) is 120 Å². The van der Waals surface area contributed by atoms with Gasteiger partial charge in [0.1, 0.15) is 12.4 Å². The minimum absolute atomic E-state index is 0.481. The molecule has 212 valence electrons. The van der Waals surface area contributed by atoms with Crippen molar-refractivity contribution in [3.05, 3.63) is 64.2 Å². The van der Waals surface area contributed by atoms with Gasteiger partial charge in [0, 0.05) is 25.3 Å². The van der Waals surface area contributed by atoms with Gasteiger partial charge in [-0.05, 0) is 82.1 Å². The van der Waals surface area contributed by atoms with Crippen LogP contribution < -0.4 is 4.74 Å². The summed E-state index contributed by atoms with van der Waals surface area (Å²) in [6, 6.07) is 13.3. The SMILES string of the molecule is CC.CC.COC(C)(C)c1cc(C)cc(C(C)(C)OC)c1OCc1ccc(C(CC(C)C)C(C)C)cc1. The van der Waals surface area contributed by atoms with E-state index >= 15 is 0 Å².